The molecule has 0 fully saturated rings. The van der Waals surface area contributed by atoms with Crippen molar-refractivity contribution in [2.45, 2.75) is 19.5 Å². The van der Waals surface area contributed by atoms with Crippen LogP contribution in [0.3, 0.4) is 0 Å². The Bertz CT molecular complexity index is 1090. The summed E-state index contributed by atoms with van der Waals surface area (Å²) in [6.07, 6.45) is 4.23. The van der Waals surface area contributed by atoms with Crippen molar-refractivity contribution in [2.24, 2.45) is 0 Å². The van der Waals surface area contributed by atoms with Crippen LogP contribution in [0.15, 0.2) is 97.3 Å². The topological polar surface area (TPSA) is 38.1 Å². The van der Waals surface area contributed by atoms with Gasteiger partial charge in [0.25, 0.3) is 0 Å². The minimum Gasteiger partial charge on any atom is -0.341 e. The molecule has 0 bridgehead atoms. The maximum atomic E-state index is 12.7. The maximum Gasteiger partial charge on any atom is 0.227 e. The molecule has 0 saturated carbocycles. The molecular weight excluding hydrogens is 370 g/mol. The van der Waals surface area contributed by atoms with Crippen LogP contribution in [0.2, 0.25) is 0 Å². The van der Waals surface area contributed by atoms with E-state index in [1.807, 2.05) is 72.7 Å². The number of hydrogen-bond acceptors (Lipinski definition) is 2. The van der Waals surface area contributed by atoms with Gasteiger partial charge >= 0.3 is 0 Å². The smallest absolute Gasteiger partial charge is 0.227 e. The Balaban J connectivity index is 1.33. The molecule has 4 nitrogen and oxygen atoms in total. The summed E-state index contributed by atoms with van der Waals surface area (Å²) in [5.74, 6) is 0.0956. The average molecular weight is 396 g/mol. The average Bonchev–Trinajstić information content (AvgIpc) is 3.22. The number of benzene rings is 3. The fourth-order valence-electron chi connectivity index (χ4n) is 3.46. The lowest BCUT2D eigenvalue weighted by molar-refractivity contribution is -0.129. The summed E-state index contributed by atoms with van der Waals surface area (Å²) in [4.78, 5) is 14.4. The monoisotopic (exact) mass is 395 g/mol. The van der Waals surface area contributed by atoms with Gasteiger partial charge in [0, 0.05) is 25.4 Å². The molecule has 0 saturated heterocycles. The lowest BCUT2D eigenvalue weighted by Gasteiger charge is -2.16. The Morgan fingerprint density at radius 3 is 2.13 bits per heavy atom. The first-order chi connectivity index (χ1) is 14.7. The van der Waals surface area contributed by atoms with Gasteiger partial charge in [-0.05, 0) is 22.3 Å². The van der Waals surface area contributed by atoms with Crippen LogP contribution in [0.4, 0.5) is 0 Å². The van der Waals surface area contributed by atoms with Gasteiger partial charge in [0.05, 0.1) is 19.2 Å². The Hall–Kier alpha value is -3.66. The molecular formula is C26H25N3O. The summed E-state index contributed by atoms with van der Waals surface area (Å²) < 4.78 is 1.91. The van der Waals surface area contributed by atoms with Crippen molar-refractivity contribution >= 4 is 5.91 Å². The van der Waals surface area contributed by atoms with Gasteiger partial charge in [-0.25, -0.2) is 0 Å². The highest BCUT2D eigenvalue weighted by Crippen LogP contribution is 2.19. The lowest BCUT2D eigenvalue weighted by Crippen LogP contribution is -2.27. The van der Waals surface area contributed by atoms with Gasteiger partial charge in [-0.1, -0.05) is 84.9 Å². The zero-order valence-corrected chi connectivity index (χ0v) is 17.1. The number of carbonyl (C=O) groups excluding carboxylic acids is 1. The molecule has 1 heterocycles. The normalized spacial score (nSPS) is 10.7. The predicted molar refractivity (Wildman–Crippen MR) is 120 cm³/mol. The molecule has 150 valence electrons. The highest BCUT2D eigenvalue weighted by Gasteiger charge is 2.12. The van der Waals surface area contributed by atoms with Crippen molar-refractivity contribution in [1.82, 2.24) is 14.7 Å². The van der Waals surface area contributed by atoms with Gasteiger partial charge in [0.2, 0.25) is 5.91 Å². The van der Waals surface area contributed by atoms with E-state index >= 15 is 0 Å². The Morgan fingerprint density at radius 2 is 1.43 bits per heavy atom. The molecule has 4 rings (SSSR count). The van der Waals surface area contributed by atoms with Crippen LogP contribution in [0.5, 0.6) is 0 Å². The maximum absolute atomic E-state index is 12.7. The van der Waals surface area contributed by atoms with Gasteiger partial charge in [0.1, 0.15) is 0 Å². The highest BCUT2D eigenvalue weighted by atomic mass is 16.2. The highest BCUT2D eigenvalue weighted by molar-refractivity contribution is 5.78. The minimum absolute atomic E-state index is 0.0956. The quantitative estimate of drug-likeness (QED) is 0.451. The molecule has 4 heteroatoms. The van der Waals surface area contributed by atoms with Crippen molar-refractivity contribution in [2.75, 3.05) is 7.05 Å². The zero-order chi connectivity index (χ0) is 20.8. The summed E-state index contributed by atoms with van der Waals surface area (Å²) in [7, 11) is 1.84. The first kappa shape index (κ1) is 19.6. The predicted octanol–water partition coefficient (Wildman–Crippen LogP) is 4.80. The van der Waals surface area contributed by atoms with Crippen LogP contribution in [0, 0.1) is 0 Å². The second kappa shape index (κ2) is 9.23. The van der Waals surface area contributed by atoms with Crippen molar-refractivity contribution in [3.05, 3.63) is 114 Å². The van der Waals surface area contributed by atoms with E-state index < -0.39 is 0 Å². The molecule has 0 N–H and O–H groups in total. The van der Waals surface area contributed by atoms with Gasteiger partial charge < -0.3 is 4.90 Å². The van der Waals surface area contributed by atoms with Crippen molar-refractivity contribution < 1.29 is 4.79 Å². The first-order valence-corrected chi connectivity index (χ1v) is 10.1. The van der Waals surface area contributed by atoms with E-state index in [1.165, 1.54) is 11.1 Å². The van der Waals surface area contributed by atoms with Crippen LogP contribution in [-0.4, -0.2) is 27.6 Å². The number of carbonyl (C=O) groups is 1. The first-order valence-electron chi connectivity index (χ1n) is 10.1. The summed E-state index contributed by atoms with van der Waals surface area (Å²) >= 11 is 0. The Labute approximate surface area is 177 Å². The van der Waals surface area contributed by atoms with E-state index in [0.717, 1.165) is 23.2 Å². The number of amides is 1. The Morgan fingerprint density at radius 1 is 0.800 bits per heavy atom. The summed E-state index contributed by atoms with van der Waals surface area (Å²) in [6.45, 7) is 1.28. The SMILES string of the molecule is CN(Cc1cnn(Cc2ccccc2)c1)C(=O)Cc1ccc(-c2ccccc2)cc1. The van der Waals surface area contributed by atoms with E-state index in [9.17, 15) is 4.79 Å². The molecule has 30 heavy (non-hydrogen) atoms. The summed E-state index contributed by atoms with van der Waals surface area (Å²) in [5, 5.41) is 4.43. The number of hydrogen-bond donors (Lipinski definition) is 0. The van der Waals surface area contributed by atoms with Crippen molar-refractivity contribution in [3.8, 4) is 11.1 Å². The standard InChI is InChI=1S/C26H25N3O/c1-28(18-23-17-27-29(20-23)19-22-8-4-2-5-9-22)26(30)16-21-12-14-25(15-13-21)24-10-6-3-7-11-24/h2-15,17,20H,16,18-19H2,1H3. The molecule has 3 aromatic carbocycles. The van der Waals surface area contributed by atoms with Crippen LogP contribution in [-0.2, 0) is 24.3 Å². The third kappa shape index (κ3) is 5.03. The molecule has 0 atom stereocenters. The molecule has 0 aliphatic heterocycles. The zero-order valence-electron chi connectivity index (χ0n) is 17.1. The van der Waals surface area contributed by atoms with Crippen LogP contribution in [0.1, 0.15) is 16.7 Å². The molecule has 0 spiro atoms. The molecule has 4 aromatic rings. The largest absolute Gasteiger partial charge is 0.341 e. The van der Waals surface area contributed by atoms with Crippen LogP contribution < -0.4 is 0 Å². The van der Waals surface area contributed by atoms with E-state index in [4.69, 9.17) is 0 Å². The second-order valence-electron chi connectivity index (χ2n) is 7.52. The summed E-state index contributed by atoms with van der Waals surface area (Å²) in [5.41, 5.74) is 5.59. The van der Waals surface area contributed by atoms with Gasteiger partial charge in [-0.3, -0.25) is 9.48 Å². The van der Waals surface area contributed by atoms with Gasteiger partial charge in [-0.15, -0.1) is 0 Å². The molecule has 0 radical (unpaired) electrons. The third-order valence-electron chi connectivity index (χ3n) is 5.14. The van der Waals surface area contributed by atoms with Crippen molar-refractivity contribution in [3.63, 3.8) is 0 Å². The molecule has 0 unspecified atom stereocenters. The minimum atomic E-state index is 0.0956. The summed E-state index contributed by atoms with van der Waals surface area (Å²) in [6, 6.07) is 28.7. The van der Waals surface area contributed by atoms with E-state index in [-0.39, 0.29) is 5.91 Å². The molecule has 1 amide bonds. The Kier molecular flexibility index (Phi) is 6.04. The number of likely N-dealkylation sites (N-methyl/N-ethyl adjacent to an activating group) is 1. The second-order valence-corrected chi connectivity index (χ2v) is 7.52. The molecule has 1 aromatic heterocycles. The lowest BCUT2D eigenvalue weighted by atomic mass is 10.0. The van der Waals surface area contributed by atoms with Gasteiger partial charge in [-0.2, -0.15) is 5.10 Å². The van der Waals surface area contributed by atoms with Crippen LogP contribution in [0.25, 0.3) is 11.1 Å². The van der Waals surface area contributed by atoms with E-state index in [2.05, 4.69) is 41.5 Å². The number of rotatable bonds is 7. The number of nitrogens with zero attached hydrogens (tertiary/aromatic N) is 3. The third-order valence-corrected chi connectivity index (χ3v) is 5.14. The fourth-order valence-corrected chi connectivity index (χ4v) is 3.46. The van der Waals surface area contributed by atoms with Crippen LogP contribution >= 0.6 is 0 Å². The van der Waals surface area contributed by atoms with Crippen molar-refractivity contribution in [1.29, 1.82) is 0 Å². The van der Waals surface area contributed by atoms with E-state index in [1.54, 1.807) is 4.90 Å². The fraction of sp³-hybridized carbons (Fsp3) is 0.154. The van der Waals surface area contributed by atoms with E-state index in [0.29, 0.717) is 13.0 Å². The molecule has 0 aliphatic carbocycles. The molecule has 0 aliphatic rings. The van der Waals surface area contributed by atoms with Gasteiger partial charge in [0.15, 0.2) is 0 Å². The number of aromatic nitrogens is 2.